The predicted molar refractivity (Wildman–Crippen MR) is 63.3 cm³/mol. The predicted octanol–water partition coefficient (Wildman–Crippen LogP) is 0.938. The van der Waals surface area contributed by atoms with Crippen LogP contribution in [0.3, 0.4) is 0 Å². The summed E-state index contributed by atoms with van der Waals surface area (Å²) in [7, 11) is 2.21. The van der Waals surface area contributed by atoms with Crippen molar-refractivity contribution < 1.29 is 0 Å². The van der Waals surface area contributed by atoms with Gasteiger partial charge in [0.15, 0.2) is 0 Å². The van der Waals surface area contributed by atoms with Gasteiger partial charge in [0, 0.05) is 18.7 Å². The monoisotopic (exact) mass is 220 g/mol. The fourth-order valence-corrected chi connectivity index (χ4v) is 3.00. The maximum Gasteiger partial charge on any atom is 0.0925 e. The first-order valence-corrected chi connectivity index (χ1v) is 6.28. The summed E-state index contributed by atoms with van der Waals surface area (Å²) >= 11 is 0. The number of nitrogens with zero attached hydrogens (tertiary/aromatic N) is 2. The molecule has 0 saturated carbocycles. The average molecular weight is 220 g/mol. The molecule has 2 aliphatic heterocycles. The molecule has 0 amide bonds. The number of aromatic amines is 1. The van der Waals surface area contributed by atoms with Crippen LogP contribution in [-0.2, 0) is 6.42 Å². The zero-order valence-electron chi connectivity index (χ0n) is 9.87. The van der Waals surface area contributed by atoms with Crippen molar-refractivity contribution in [2.75, 3.05) is 26.7 Å². The standard InChI is InChI=1S/C12H20N4/c1-16-6-3-9(4-7-16)11-12-10(2-5-13-11)14-8-15-12/h8-9,11,13H,2-7H2,1H3,(H,14,15). The third-order valence-electron chi connectivity index (χ3n) is 4.02. The summed E-state index contributed by atoms with van der Waals surface area (Å²) in [5.41, 5.74) is 2.63. The summed E-state index contributed by atoms with van der Waals surface area (Å²) in [6.45, 7) is 3.54. The highest BCUT2D eigenvalue weighted by Gasteiger charge is 2.31. The van der Waals surface area contributed by atoms with E-state index in [0.29, 0.717) is 6.04 Å². The Hall–Kier alpha value is -0.870. The van der Waals surface area contributed by atoms with Crippen molar-refractivity contribution in [3.63, 3.8) is 0 Å². The van der Waals surface area contributed by atoms with E-state index >= 15 is 0 Å². The third-order valence-corrected chi connectivity index (χ3v) is 4.02. The Bertz CT molecular complexity index is 352. The molecule has 1 fully saturated rings. The Morgan fingerprint density at radius 3 is 3.00 bits per heavy atom. The van der Waals surface area contributed by atoms with Gasteiger partial charge in [-0.2, -0.15) is 0 Å². The van der Waals surface area contributed by atoms with Crippen molar-refractivity contribution >= 4 is 0 Å². The number of hydrogen-bond donors (Lipinski definition) is 2. The maximum atomic E-state index is 4.50. The third kappa shape index (κ3) is 1.76. The second-order valence-electron chi connectivity index (χ2n) is 5.09. The molecule has 1 aromatic heterocycles. The van der Waals surface area contributed by atoms with E-state index < -0.39 is 0 Å². The quantitative estimate of drug-likeness (QED) is 0.740. The van der Waals surface area contributed by atoms with E-state index in [-0.39, 0.29) is 0 Å². The number of hydrogen-bond acceptors (Lipinski definition) is 3. The Morgan fingerprint density at radius 1 is 1.38 bits per heavy atom. The number of H-pyrrole nitrogens is 1. The number of fused-ring (bicyclic) bond motifs is 1. The fraction of sp³-hybridized carbons (Fsp3) is 0.750. The summed E-state index contributed by atoms with van der Waals surface area (Å²) < 4.78 is 0. The van der Waals surface area contributed by atoms with Crippen molar-refractivity contribution in [1.29, 1.82) is 0 Å². The van der Waals surface area contributed by atoms with Crippen LogP contribution in [-0.4, -0.2) is 41.5 Å². The highest BCUT2D eigenvalue weighted by Crippen LogP contribution is 2.32. The van der Waals surface area contributed by atoms with E-state index in [1.165, 1.54) is 37.3 Å². The minimum Gasteiger partial charge on any atom is -0.348 e. The first-order chi connectivity index (χ1) is 7.84. The Morgan fingerprint density at radius 2 is 2.19 bits per heavy atom. The Labute approximate surface area is 96.4 Å². The molecule has 88 valence electrons. The van der Waals surface area contributed by atoms with Crippen molar-refractivity contribution in [2.24, 2.45) is 5.92 Å². The van der Waals surface area contributed by atoms with Gasteiger partial charge in [0.05, 0.1) is 18.1 Å². The van der Waals surface area contributed by atoms with Crippen molar-refractivity contribution in [3.05, 3.63) is 17.7 Å². The number of nitrogens with one attached hydrogen (secondary N) is 2. The van der Waals surface area contributed by atoms with Crippen LogP contribution in [0.4, 0.5) is 0 Å². The summed E-state index contributed by atoms with van der Waals surface area (Å²) in [5, 5.41) is 3.64. The molecule has 4 nitrogen and oxygen atoms in total. The van der Waals surface area contributed by atoms with Crippen LogP contribution in [0, 0.1) is 5.92 Å². The van der Waals surface area contributed by atoms with E-state index in [1.54, 1.807) is 0 Å². The van der Waals surface area contributed by atoms with Gasteiger partial charge in [-0.3, -0.25) is 0 Å². The van der Waals surface area contributed by atoms with E-state index in [1.807, 2.05) is 6.33 Å². The van der Waals surface area contributed by atoms with Gasteiger partial charge in [-0.1, -0.05) is 0 Å². The van der Waals surface area contributed by atoms with E-state index in [4.69, 9.17) is 0 Å². The zero-order valence-corrected chi connectivity index (χ0v) is 9.87. The molecular weight excluding hydrogens is 200 g/mol. The van der Waals surface area contributed by atoms with E-state index in [9.17, 15) is 0 Å². The summed E-state index contributed by atoms with van der Waals surface area (Å²) in [4.78, 5) is 10.2. The van der Waals surface area contributed by atoms with Crippen LogP contribution in [0.5, 0.6) is 0 Å². The van der Waals surface area contributed by atoms with Crippen LogP contribution in [0.15, 0.2) is 6.33 Å². The molecule has 2 N–H and O–H groups in total. The lowest BCUT2D eigenvalue weighted by atomic mass is 9.85. The minimum atomic E-state index is 0.490. The molecular formula is C12H20N4. The molecule has 0 aliphatic carbocycles. The highest BCUT2D eigenvalue weighted by molar-refractivity contribution is 5.20. The lowest BCUT2D eigenvalue weighted by Crippen LogP contribution is -2.40. The second-order valence-corrected chi connectivity index (χ2v) is 5.09. The van der Waals surface area contributed by atoms with Crippen molar-refractivity contribution in [3.8, 4) is 0 Å². The Balaban J connectivity index is 1.77. The van der Waals surface area contributed by atoms with Gasteiger partial charge in [0.25, 0.3) is 0 Å². The molecule has 0 aromatic carbocycles. The molecule has 3 heterocycles. The van der Waals surface area contributed by atoms with Crippen LogP contribution in [0.2, 0.25) is 0 Å². The summed E-state index contributed by atoms with van der Waals surface area (Å²) in [5.74, 6) is 0.763. The number of imidazole rings is 1. The molecule has 1 saturated heterocycles. The first kappa shape index (κ1) is 10.3. The van der Waals surface area contributed by atoms with Gasteiger partial charge in [0.1, 0.15) is 0 Å². The van der Waals surface area contributed by atoms with Crippen molar-refractivity contribution in [2.45, 2.75) is 25.3 Å². The zero-order chi connectivity index (χ0) is 11.0. The van der Waals surface area contributed by atoms with Crippen LogP contribution in [0.25, 0.3) is 0 Å². The van der Waals surface area contributed by atoms with Crippen molar-refractivity contribution in [1.82, 2.24) is 20.2 Å². The minimum absolute atomic E-state index is 0.490. The van der Waals surface area contributed by atoms with Gasteiger partial charge < -0.3 is 15.2 Å². The number of aromatic nitrogens is 2. The van der Waals surface area contributed by atoms with Crippen LogP contribution in [0.1, 0.15) is 30.3 Å². The molecule has 1 atom stereocenters. The summed E-state index contributed by atoms with van der Waals surface area (Å²) in [6.07, 6.45) is 5.53. The van der Waals surface area contributed by atoms with E-state index in [0.717, 1.165) is 18.9 Å². The van der Waals surface area contributed by atoms with E-state index in [2.05, 4.69) is 27.2 Å². The number of piperidine rings is 1. The smallest absolute Gasteiger partial charge is 0.0925 e. The normalized spacial score (nSPS) is 27.9. The van der Waals surface area contributed by atoms with Gasteiger partial charge in [-0.25, -0.2) is 4.98 Å². The lowest BCUT2D eigenvalue weighted by molar-refractivity contribution is 0.180. The SMILES string of the molecule is CN1CCC(C2NCCc3[nH]cnc32)CC1. The molecule has 16 heavy (non-hydrogen) atoms. The molecule has 0 spiro atoms. The molecule has 0 bridgehead atoms. The molecule has 1 unspecified atom stereocenters. The Kier molecular flexibility index (Phi) is 2.69. The number of rotatable bonds is 1. The topological polar surface area (TPSA) is 44.0 Å². The fourth-order valence-electron chi connectivity index (χ4n) is 3.00. The van der Waals surface area contributed by atoms with Gasteiger partial charge in [0.2, 0.25) is 0 Å². The molecule has 2 aliphatic rings. The second kappa shape index (κ2) is 4.18. The maximum absolute atomic E-state index is 4.50. The number of likely N-dealkylation sites (tertiary alicyclic amines) is 1. The van der Waals surface area contributed by atoms with Gasteiger partial charge >= 0.3 is 0 Å². The summed E-state index contributed by atoms with van der Waals surface area (Å²) in [6, 6.07) is 0.490. The van der Waals surface area contributed by atoms with Gasteiger partial charge in [-0.15, -0.1) is 0 Å². The molecule has 3 rings (SSSR count). The van der Waals surface area contributed by atoms with Gasteiger partial charge in [-0.05, 0) is 38.9 Å². The largest absolute Gasteiger partial charge is 0.348 e. The first-order valence-electron chi connectivity index (χ1n) is 6.28. The van der Waals surface area contributed by atoms with Crippen LogP contribution >= 0.6 is 0 Å². The molecule has 1 aromatic rings. The average Bonchev–Trinajstić information content (AvgIpc) is 2.78. The lowest BCUT2D eigenvalue weighted by Gasteiger charge is -2.36. The van der Waals surface area contributed by atoms with Crippen LogP contribution < -0.4 is 5.32 Å². The molecule has 0 radical (unpaired) electrons. The molecule has 4 heteroatoms. The highest BCUT2D eigenvalue weighted by atomic mass is 15.1.